The van der Waals surface area contributed by atoms with E-state index in [0.717, 1.165) is 19.3 Å². The summed E-state index contributed by atoms with van der Waals surface area (Å²) in [4.78, 5) is 0.191. The molecule has 3 nitrogen and oxygen atoms in total. The number of sulfonamides is 1. The van der Waals surface area contributed by atoms with Crippen LogP contribution in [0, 0.1) is 24.6 Å². The lowest BCUT2D eigenvalue weighted by atomic mass is 9.96. The standard InChI is InChI=1S/C14H18FNO2S/c1-9-6-12(15)4-5-14(9)19(17,18)16-13-8-10-2-3-11(13)7-10/h4-6,10-11,13,16H,2-3,7-8H2,1H3/t10-,11+,13-/m0/s1. The molecule has 2 bridgehead atoms. The van der Waals surface area contributed by atoms with Crippen molar-refractivity contribution in [2.75, 3.05) is 0 Å². The Labute approximate surface area is 113 Å². The van der Waals surface area contributed by atoms with Crippen LogP contribution in [0.15, 0.2) is 23.1 Å². The van der Waals surface area contributed by atoms with Crippen LogP contribution in [0.3, 0.4) is 0 Å². The highest BCUT2D eigenvalue weighted by Gasteiger charge is 2.41. The first-order valence-electron chi connectivity index (χ1n) is 6.74. The van der Waals surface area contributed by atoms with Crippen LogP contribution in [-0.4, -0.2) is 14.5 Å². The van der Waals surface area contributed by atoms with E-state index in [4.69, 9.17) is 0 Å². The van der Waals surface area contributed by atoms with Gasteiger partial charge < -0.3 is 0 Å². The van der Waals surface area contributed by atoms with Gasteiger partial charge in [-0.05, 0) is 61.8 Å². The molecule has 0 aliphatic heterocycles. The summed E-state index contributed by atoms with van der Waals surface area (Å²) in [5.41, 5.74) is 0.454. The molecule has 0 unspecified atom stereocenters. The molecular formula is C14H18FNO2S. The maximum absolute atomic E-state index is 13.0. The highest BCUT2D eigenvalue weighted by molar-refractivity contribution is 7.89. The lowest BCUT2D eigenvalue weighted by Crippen LogP contribution is -2.38. The second kappa shape index (κ2) is 4.56. The molecule has 2 saturated carbocycles. The molecule has 3 rings (SSSR count). The van der Waals surface area contributed by atoms with Crippen LogP contribution in [0.4, 0.5) is 4.39 Å². The van der Waals surface area contributed by atoms with Crippen molar-refractivity contribution in [2.24, 2.45) is 11.8 Å². The van der Waals surface area contributed by atoms with Crippen LogP contribution >= 0.6 is 0 Å². The molecule has 1 N–H and O–H groups in total. The Balaban J connectivity index is 1.83. The van der Waals surface area contributed by atoms with Gasteiger partial charge in [-0.15, -0.1) is 0 Å². The minimum absolute atomic E-state index is 0.0632. The topological polar surface area (TPSA) is 46.2 Å². The zero-order valence-corrected chi connectivity index (χ0v) is 11.7. The number of halogens is 1. The molecule has 1 aromatic carbocycles. The molecule has 0 heterocycles. The molecule has 2 aliphatic rings. The van der Waals surface area contributed by atoms with Crippen molar-refractivity contribution in [3.63, 3.8) is 0 Å². The number of aryl methyl sites for hydroxylation is 1. The fraction of sp³-hybridized carbons (Fsp3) is 0.571. The summed E-state index contributed by atoms with van der Waals surface area (Å²) in [7, 11) is -3.53. The second-order valence-electron chi connectivity index (χ2n) is 5.81. The van der Waals surface area contributed by atoms with Crippen LogP contribution in [0.25, 0.3) is 0 Å². The monoisotopic (exact) mass is 283 g/mol. The molecule has 3 atom stereocenters. The van der Waals surface area contributed by atoms with E-state index < -0.39 is 15.8 Å². The van der Waals surface area contributed by atoms with Gasteiger partial charge in [-0.25, -0.2) is 17.5 Å². The Kier molecular flexibility index (Phi) is 3.14. The Morgan fingerprint density at radius 3 is 2.63 bits per heavy atom. The van der Waals surface area contributed by atoms with Crippen LogP contribution in [0.5, 0.6) is 0 Å². The van der Waals surface area contributed by atoms with Gasteiger partial charge in [-0.1, -0.05) is 6.42 Å². The number of hydrogen-bond acceptors (Lipinski definition) is 2. The van der Waals surface area contributed by atoms with Crippen molar-refractivity contribution in [3.05, 3.63) is 29.6 Å². The van der Waals surface area contributed by atoms with E-state index in [1.54, 1.807) is 6.92 Å². The fourth-order valence-electron chi connectivity index (χ4n) is 3.57. The number of nitrogens with one attached hydrogen (secondary N) is 1. The van der Waals surface area contributed by atoms with E-state index in [1.165, 1.54) is 24.6 Å². The Hall–Kier alpha value is -0.940. The molecule has 0 radical (unpaired) electrons. The normalized spacial score (nSPS) is 29.9. The molecule has 2 aliphatic carbocycles. The van der Waals surface area contributed by atoms with E-state index >= 15 is 0 Å². The van der Waals surface area contributed by atoms with Crippen molar-refractivity contribution in [2.45, 2.75) is 43.5 Å². The van der Waals surface area contributed by atoms with Gasteiger partial charge in [0.2, 0.25) is 10.0 Å². The minimum Gasteiger partial charge on any atom is -0.208 e. The average Bonchev–Trinajstić information content (AvgIpc) is 2.89. The summed E-state index contributed by atoms with van der Waals surface area (Å²) >= 11 is 0. The van der Waals surface area contributed by atoms with Crippen LogP contribution in [-0.2, 0) is 10.0 Å². The molecule has 5 heteroatoms. The van der Waals surface area contributed by atoms with Crippen molar-refractivity contribution < 1.29 is 12.8 Å². The average molecular weight is 283 g/mol. The van der Waals surface area contributed by atoms with Gasteiger partial charge in [-0.3, -0.25) is 0 Å². The van der Waals surface area contributed by atoms with Gasteiger partial charge in [0.25, 0.3) is 0 Å². The first-order valence-corrected chi connectivity index (χ1v) is 8.22. The molecule has 0 aromatic heterocycles. The molecule has 2 fully saturated rings. The SMILES string of the molecule is Cc1cc(F)ccc1S(=O)(=O)N[C@H]1C[C@H]2CC[C@@H]1C2. The zero-order chi connectivity index (χ0) is 13.6. The Bertz CT molecular complexity index is 599. The molecule has 19 heavy (non-hydrogen) atoms. The summed E-state index contributed by atoms with van der Waals surface area (Å²) < 4.78 is 40.6. The van der Waals surface area contributed by atoms with Gasteiger partial charge in [-0.2, -0.15) is 0 Å². The van der Waals surface area contributed by atoms with E-state index in [0.29, 0.717) is 17.4 Å². The summed E-state index contributed by atoms with van der Waals surface area (Å²) in [6.45, 7) is 1.62. The van der Waals surface area contributed by atoms with Crippen LogP contribution in [0.2, 0.25) is 0 Å². The largest absolute Gasteiger partial charge is 0.241 e. The summed E-state index contributed by atoms with van der Waals surface area (Å²) in [6, 6.07) is 3.87. The third-order valence-corrected chi connectivity index (χ3v) is 6.12. The number of rotatable bonds is 3. The zero-order valence-electron chi connectivity index (χ0n) is 10.9. The first-order chi connectivity index (χ1) is 8.95. The van der Waals surface area contributed by atoms with Crippen molar-refractivity contribution in [3.8, 4) is 0 Å². The fourth-order valence-corrected chi connectivity index (χ4v) is 5.11. The van der Waals surface area contributed by atoms with Gasteiger partial charge in [0.05, 0.1) is 4.90 Å². The summed E-state index contributed by atoms with van der Waals surface area (Å²) in [6.07, 6.45) is 4.46. The predicted octanol–water partition coefficient (Wildman–Crippen LogP) is 2.60. The number of hydrogen-bond donors (Lipinski definition) is 1. The van der Waals surface area contributed by atoms with E-state index in [2.05, 4.69) is 4.72 Å². The molecular weight excluding hydrogens is 265 g/mol. The minimum atomic E-state index is -3.53. The quantitative estimate of drug-likeness (QED) is 0.927. The lowest BCUT2D eigenvalue weighted by Gasteiger charge is -2.23. The summed E-state index contributed by atoms with van der Waals surface area (Å²) in [5, 5.41) is 0. The van der Waals surface area contributed by atoms with E-state index in [1.807, 2.05) is 0 Å². The van der Waals surface area contributed by atoms with Crippen LogP contribution < -0.4 is 4.72 Å². The van der Waals surface area contributed by atoms with Gasteiger partial charge >= 0.3 is 0 Å². The predicted molar refractivity (Wildman–Crippen MR) is 70.7 cm³/mol. The molecule has 1 aromatic rings. The maximum Gasteiger partial charge on any atom is 0.241 e. The third-order valence-electron chi connectivity index (χ3n) is 4.47. The summed E-state index contributed by atoms with van der Waals surface area (Å²) in [5.74, 6) is 0.768. The van der Waals surface area contributed by atoms with Gasteiger partial charge in [0, 0.05) is 6.04 Å². The second-order valence-corrected chi connectivity index (χ2v) is 7.49. The molecule has 0 saturated heterocycles. The highest BCUT2D eigenvalue weighted by Crippen LogP contribution is 2.44. The first kappa shape index (κ1) is 13.1. The number of fused-ring (bicyclic) bond motifs is 2. The lowest BCUT2D eigenvalue weighted by molar-refractivity contribution is 0.390. The van der Waals surface area contributed by atoms with E-state index in [9.17, 15) is 12.8 Å². The molecule has 104 valence electrons. The van der Waals surface area contributed by atoms with Gasteiger partial charge in [0.1, 0.15) is 5.82 Å². The van der Waals surface area contributed by atoms with Crippen molar-refractivity contribution >= 4 is 10.0 Å². The Morgan fingerprint density at radius 1 is 1.26 bits per heavy atom. The highest BCUT2D eigenvalue weighted by atomic mass is 32.2. The number of benzene rings is 1. The molecule has 0 amide bonds. The van der Waals surface area contributed by atoms with Crippen LogP contribution in [0.1, 0.15) is 31.2 Å². The molecule has 0 spiro atoms. The van der Waals surface area contributed by atoms with Crippen molar-refractivity contribution in [1.29, 1.82) is 0 Å². The Morgan fingerprint density at radius 2 is 2.05 bits per heavy atom. The van der Waals surface area contributed by atoms with E-state index in [-0.39, 0.29) is 10.9 Å². The van der Waals surface area contributed by atoms with Gasteiger partial charge in [0.15, 0.2) is 0 Å². The maximum atomic E-state index is 13.0. The third kappa shape index (κ3) is 2.41. The van der Waals surface area contributed by atoms with Crippen molar-refractivity contribution in [1.82, 2.24) is 4.72 Å². The smallest absolute Gasteiger partial charge is 0.208 e.